The van der Waals surface area contributed by atoms with Gasteiger partial charge in [0.2, 0.25) is 5.95 Å². The highest BCUT2D eigenvalue weighted by molar-refractivity contribution is 7.21. The molecule has 204 valence electrons. The Morgan fingerprint density at radius 2 is 1.82 bits per heavy atom. The average Bonchev–Trinajstić information content (AvgIpc) is 3.62. The number of benzene rings is 1. The van der Waals surface area contributed by atoms with E-state index >= 15 is 0 Å². The lowest BCUT2D eigenvalue weighted by Crippen LogP contribution is -2.35. The predicted molar refractivity (Wildman–Crippen MR) is 143 cm³/mol. The molecule has 0 bridgehead atoms. The second kappa shape index (κ2) is 10.3. The number of fused-ring (bicyclic) bond motifs is 1. The summed E-state index contributed by atoms with van der Waals surface area (Å²) in [6.07, 6.45) is 1.70. The number of aliphatic hydroxyl groups excluding tert-OH is 3. The summed E-state index contributed by atoms with van der Waals surface area (Å²) < 4.78 is 29.5. The maximum absolute atomic E-state index is 14.3. The molecule has 2 saturated carbocycles. The number of nitrogens with zero attached hydrogens (tertiary/aromatic N) is 4. The Bertz CT molecular complexity index is 1510. The van der Waals surface area contributed by atoms with Gasteiger partial charge in [-0.25, -0.2) is 18.7 Å². The van der Waals surface area contributed by atoms with Crippen LogP contribution in [-0.2, 0) is 6.54 Å². The summed E-state index contributed by atoms with van der Waals surface area (Å²) in [5, 5.41) is 37.7. The molecular weight excluding hydrogens is 526 g/mol. The van der Waals surface area contributed by atoms with E-state index in [1.54, 1.807) is 6.20 Å². The molecule has 4 aromatic rings. The lowest BCUT2D eigenvalue weighted by Gasteiger charge is -2.22. The van der Waals surface area contributed by atoms with Crippen LogP contribution in [0.3, 0.4) is 0 Å². The van der Waals surface area contributed by atoms with Crippen LogP contribution in [0.4, 0.5) is 20.5 Å². The highest BCUT2D eigenvalue weighted by atomic mass is 32.1. The van der Waals surface area contributed by atoms with Gasteiger partial charge in [-0.15, -0.1) is 11.3 Å². The highest BCUT2D eigenvalue weighted by Crippen LogP contribution is 2.47. The molecule has 3 heterocycles. The number of anilines is 2. The van der Waals surface area contributed by atoms with Gasteiger partial charge < -0.3 is 26.0 Å². The first-order valence-electron chi connectivity index (χ1n) is 12.9. The van der Waals surface area contributed by atoms with E-state index in [2.05, 4.69) is 20.6 Å². The fraction of sp³-hybridized carbons (Fsp3) is 0.407. The molecular formula is C27H28F2N6O3S. The maximum Gasteiger partial charge on any atom is 0.225 e. The molecule has 3 aromatic heterocycles. The van der Waals surface area contributed by atoms with E-state index in [1.807, 2.05) is 13.0 Å². The molecule has 2 aliphatic carbocycles. The Kier molecular flexibility index (Phi) is 6.88. The zero-order chi connectivity index (χ0) is 27.3. The maximum atomic E-state index is 14.3. The molecule has 0 spiro atoms. The van der Waals surface area contributed by atoms with Gasteiger partial charge in [0.1, 0.15) is 34.1 Å². The first-order chi connectivity index (χ1) is 18.8. The van der Waals surface area contributed by atoms with Crippen LogP contribution in [0.2, 0.25) is 0 Å². The quantitative estimate of drug-likeness (QED) is 0.221. The van der Waals surface area contributed by atoms with Gasteiger partial charge in [-0.1, -0.05) is 6.07 Å². The van der Waals surface area contributed by atoms with E-state index in [-0.39, 0.29) is 30.6 Å². The van der Waals surface area contributed by atoms with Crippen LogP contribution in [0.1, 0.15) is 42.1 Å². The topological polar surface area (TPSA) is 136 Å². The number of nitrogens with one attached hydrogen (secondary N) is 2. The number of hydrogen-bond acceptors (Lipinski definition) is 10. The first-order valence-corrected chi connectivity index (χ1v) is 13.7. The normalized spacial score (nSPS) is 22.9. The number of aryl methyl sites for hydroxylation is 1. The molecule has 6 rings (SSSR count). The summed E-state index contributed by atoms with van der Waals surface area (Å²) in [6.45, 7) is 1.47. The summed E-state index contributed by atoms with van der Waals surface area (Å²) in [4.78, 5) is 18.7. The van der Waals surface area contributed by atoms with Crippen LogP contribution in [-0.4, -0.2) is 60.1 Å². The van der Waals surface area contributed by atoms with Gasteiger partial charge >= 0.3 is 0 Å². The van der Waals surface area contributed by atoms with Gasteiger partial charge in [0.05, 0.1) is 33.8 Å². The number of halogens is 2. The van der Waals surface area contributed by atoms with Crippen LogP contribution in [0.5, 0.6) is 0 Å². The summed E-state index contributed by atoms with van der Waals surface area (Å²) in [6, 6.07) is 5.01. The highest BCUT2D eigenvalue weighted by Gasteiger charge is 2.42. The van der Waals surface area contributed by atoms with Crippen molar-refractivity contribution in [1.82, 2.24) is 19.9 Å². The van der Waals surface area contributed by atoms with Crippen molar-refractivity contribution in [2.24, 2.45) is 5.92 Å². The standard InChI is InChI=1S/C27H28F2N6O3S/c1-12-21-19(7-8-30-12)39-26(33-21)20-22(13-5-6-13)34-27(31-10-15-16(28)3-2-4-17(15)29)35-25(20)32-18-9-14(11-36)23(37)24(18)38/h2-4,7-8,13-14,18,23-24,36-38H,5-6,9-11H2,1H3,(H2,31,32,34,35)/t14-,18-,23-,24+/m1/s1. The van der Waals surface area contributed by atoms with Crippen LogP contribution < -0.4 is 10.6 Å². The summed E-state index contributed by atoms with van der Waals surface area (Å²) in [7, 11) is 0. The molecule has 0 saturated heterocycles. The minimum absolute atomic E-state index is 0.123. The van der Waals surface area contributed by atoms with E-state index in [9.17, 15) is 24.1 Å². The SMILES string of the molecule is Cc1nccc2sc(-c3c(N[C@@H]4C[C@H](CO)[C@@H](O)[C@H]4O)nc(NCc4c(F)cccc4F)nc3C3CC3)nc12. The van der Waals surface area contributed by atoms with Crippen molar-refractivity contribution in [1.29, 1.82) is 0 Å². The first kappa shape index (κ1) is 25.9. The third-order valence-corrected chi connectivity index (χ3v) is 8.49. The Morgan fingerprint density at radius 1 is 1.05 bits per heavy atom. The molecule has 0 aliphatic heterocycles. The largest absolute Gasteiger partial charge is 0.396 e. The van der Waals surface area contributed by atoms with Crippen molar-refractivity contribution in [3.8, 4) is 10.6 Å². The Labute approximate surface area is 227 Å². The van der Waals surface area contributed by atoms with Crippen LogP contribution in [0.25, 0.3) is 20.8 Å². The molecule has 4 atom stereocenters. The third-order valence-electron chi connectivity index (χ3n) is 7.45. The Hall–Kier alpha value is -3.32. The minimum atomic E-state index is -1.12. The zero-order valence-electron chi connectivity index (χ0n) is 21.1. The number of aromatic nitrogens is 4. The Balaban J connectivity index is 1.44. The number of pyridine rings is 1. The van der Waals surface area contributed by atoms with Gasteiger partial charge in [-0.2, -0.15) is 4.98 Å². The van der Waals surface area contributed by atoms with Crippen molar-refractivity contribution in [2.45, 2.75) is 56.9 Å². The predicted octanol–water partition coefficient (Wildman–Crippen LogP) is 3.74. The van der Waals surface area contributed by atoms with Crippen LogP contribution >= 0.6 is 11.3 Å². The van der Waals surface area contributed by atoms with E-state index in [0.717, 1.165) is 34.4 Å². The Morgan fingerprint density at radius 3 is 2.49 bits per heavy atom. The van der Waals surface area contributed by atoms with Crippen LogP contribution in [0.15, 0.2) is 30.5 Å². The van der Waals surface area contributed by atoms with E-state index < -0.39 is 35.8 Å². The van der Waals surface area contributed by atoms with E-state index in [0.29, 0.717) is 22.8 Å². The molecule has 39 heavy (non-hydrogen) atoms. The lowest BCUT2D eigenvalue weighted by molar-refractivity contribution is 0.00446. The fourth-order valence-corrected chi connectivity index (χ4v) is 6.17. The van der Waals surface area contributed by atoms with Gasteiger partial charge in [0.15, 0.2) is 0 Å². The molecule has 5 N–H and O–H groups in total. The smallest absolute Gasteiger partial charge is 0.225 e. The number of thiazole rings is 1. The number of aliphatic hydroxyl groups is 3. The van der Waals surface area contributed by atoms with Gasteiger partial charge in [0, 0.05) is 36.7 Å². The molecule has 9 nitrogen and oxygen atoms in total. The molecule has 12 heteroatoms. The minimum Gasteiger partial charge on any atom is -0.396 e. The van der Waals surface area contributed by atoms with Crippen molar-refractivity contribution >= 4 is 33.3 Å². The average molecular weight is 555 g/mol. The summed E-state index contributed by atoms with van der Waals surface area (Å²) in [5.41, 5.74) is 2.89. The van der Waals surface area contributed by atoms with Gasteiger partial charge in [0.25, 0.3) is 0 Å². The number of rotatable bonds is 8. The second-order valence-electron chi connectivity index (χ2n) is 10.2. The van der Waals surface area contributed by atoms with Gasteiger partial charge in [-0.05, 0) is 44.4 Å². The summed E-state index contributed by atoms with van der Waals surface area (Å²) >= 11 is 1.48. The van der Waals surface area contributed by atoms with E-state index in [4.69, 9.17) is 9.97 Å². The van der Waals surface area contributed by atoms with Crippen molar-refractivity contribution in [3.05, 3.63) is 59.0 Å². The molecule has 2 aliphatic rings. The van der Waals surface area contributed by atoms with Crippen molar-refractivity contribution < 1.29 is 24.1 Å². The molecule has 2 fully saturated rings. The van der Waals surface area contributed by atoms with Gasteiger partial charge in [-0.3, -0.25) is 4.98 Å². The van der Waals surface area contributed by atoms with Crippen molar-refractivity contribution in [3.63, 3.8) is 0 Å². The zero-order valence-corrected chi connectivity index (χ0v) is 21.9. The monoisotopic (exact) mass is 554 g/mol. The fourth-order valence-electron chi connectivity index (χ4n) is 5.11. The third kappa shape index (κ3) is 4.93. The molecule has 0 unspecified atom stereocenters. The van der Waals surface area contributed by atoms with Crippen LogP contribution in [0, 0.1) is 24.5 Å². The molecule has 0 amide bonds. The van der Waals surface area contributed by atoms with Crippen molar-refractivity contribution in [2.75, 3.05) is 17.2 Å². The van der Waals surface area contributed by atoms with E-state index in [1.165, 1.54) is 29.5 Å². The number of hydrogen-bond donors (Lipinski definition) is 5. The molecule has 1 aromatic carbocycles. The molecule has 0 radical (unpaired) electrons. The summed E-state index contributed by atoms with van der Waals surface area (Å²) in [5.74, 6) is -1.10. The second-order valence-corrected chi connectivity index (χ2v) is 11.2. The lowest BCUT2D eigenvalue weighted by atomic mass is 10.1.